The Bertz CT molecular complexity index is 1760. The highest BCUT2D eigenvalue weighted by molar-refractivity contribution is 7.93. The molecule has 1 unspecified atom stereocenters. The quantitative estimate of drug-likeness (QED) is 0.154. The van der Waals surface area contributed by atoms with Crippen LogP contribution in [0.2, 0.25) is 25.7 Å². The summed E-state index contributed by atoms with van der Waals surface area (Å²) in [6.07, 6.45) is 1.87. The predicted molar refractivity (Wildman–Crippen MR) is 183 cm³/mol. The first-order valence-electron chi connectivity index (χ1n) is 16.7. The van der Waals surface area contributed by atoms with Crippen LogP contribution in [0.25, 0.3) is 28.0 Å². The molecule has 0 amide bonds. The van der Waals surface area contributed by atoms with Crippen LogP contribution >= 0.6 is 0 Å². The number of halogens is 3. The second kappa shape index (κ2) is 14.2. The molecular weight excluding hydrogens is 662 g/mol. The third-order valence-corrected chi connectivity index (χ3v) is 13.1. The Kier molecular flexibility index (Phi) is 10.4. The van der Waals surface area contributed by atoms with E-state index in [-0.39, 0.29) is 43.2 Å². The number of benzene rings is 1. The summed E-state index contributed by atoms with van der Waals surface area (Å²) in [6.45, 7) is 9.48. The maximum Gasteiger partial charge on any atom is 0.311 e. The molecule has 0 saturated carbocycles. The van der Waals surface area contributed by atoms with Crippen LogP contribution in [0.1, 0.15) is 38.2 Å². The number of rotatable bonds is 11. The van der Waals surface area contributed by atoms with E-state index in [0.29, 0.717) is 42.4 Å². The van der Waals surface area contributed by atoms with E-state index in [9.17, 15) is 4.21 Å². The van der Waals surface area contributed by atoms with Gasteiger partial charge >= 0.3 is 11.9 Å². The topological polar surface area (TPSA) is 97.1 Å². The van der Waals surface area contributed by atoms with Crippen molar-refractivity contribution in [2.45, 2.75) is 89.2 Å². The Balaban J connectivity index is 1.23. The molecule has 2 aromatic heterocycles. The van der Waals surface area contributed by atoms with Crippen LogP contribution in [0.4, 0.5) is 13.2 Å². The summed E-state index contributed by atoms with van der Waals surface area (Å²) in [6, 6.07) is 9.65. The molecule has 3 atom stereocenters. The smallest absolute Gasteiger partial charge is 0.311 e. The zero-order valence-electron chi connectivity index (χ0n) is 28.1. The van der Waals surface area contributed by atoms with E-state index in [1.165, 1.54) is 16.2 Å². The molecule has 6 rings (SSSR count). The molecule has 0 spiro atoms. The lowest BCUT2D eigenvalue weighted by molar-refractivity contribution is -0.107. The van der Waals surface area contributed by atoms with Crippen molar-refractivity contribution in [2.75, 3.05) is 37.9 Å². The standard InChI is InChI=1S/C34H45F3N4O5SSi/c1-5-29-34(36,37)30(21-45-29)46-33-39-32-28(41(33)22-44-16-19-48(2,3)4)20-27(35)31(38-32)25-8-6-23(7-9-25)24-10-12-26(13-11-24)40-47(42)17-14-43-15-18-47/h6-10,20,26,29-30H,5,11-19,21-22H2,1-4H3/t26?,29-,30-/m1/s1. The van der Waals surface area contributed by atoms with Gasteiger partial charge in [-0.1, -0.05) is 56.9 Å². The summed E-state index contributed by atoms with van der Waals surface area (Å²) in [5.41, 5.74) is 3.31. The van der Waals surface area contributed by atoms with Crippen molar-refractivity contribution in [1.29, 1.82) is 0 Å². The number of hydrogen-bond donors (Lipinski definition) is 0. The van der Waals surface area contributed by atoms with Gasteiger partial charge in [0.15, 0.2) is 17.6 Å². The molecule has 2 saturated heterocycles. The van der Waals surface area contributed by atoms with E-state index in [0.717, 1.165) is 30.9 Å². The third-order valence-electron chi connectivity index (χ3n) is 9.15. The number of imidazole rings is 1. The van der Waals surface area contributed by atoms with Gasteiger partial charge in [-0.2, -0.15) is 13.8 Å². The number of ether oxygens (including phenoxy) is 4. The summed E-state index contributed by atoms with van der Waals surface area (Å²) in [5, 5.41) is 0. The number of allylic oxidation sites excluding steroid dienone is 1. The second-order valence-corrected chi connectivity index (χ2v) is 22.2. The van der Waals surface area contributed by atoms with Gasteiger partial charge in [-0.25, -0.2) is 17.9 Å². The van der Waals surface area contributed by atoms with Gasteiger partial charge in [0.25, 0.3) is 0 Å². The minimum absolute atomic E-state index is 0.0450. The monoisotopic (exact) mass is 706 g/mol. The summed E-state index contributed by atoms with van der Waals surface area (Å²) in [4.78, 5) is 8.98. The van der Waals surface area contributed by atoms with E-state index < -0.39 is 41.8 Å². The van der Waals surface area contributed by atoms with Gasteiger partial charge in [-0.3, -0.25) is 4.57 Å². The van der Waals surface area contributed by atoms with Crippen LogP contribution in [-0.2, 0) is 30.7 Å². The molecule has 14 heteroatoms. The molecule has 48 heavy (non-hydrogen) atoms. The summed E-state index contributed by atoms with van der Waals surface area (Å²) >= 11 is 0. The molecular formula is C34H45F3N4O5SSi. The molecule has 3 aromatic rings. The van der Waals surface area contributed by atoms with Gasteiger partial charge in [-0.05, 0) is 42.9 Å². The Hall–Kier alpha value is -2.78. The van der Waals surface area contributed by atoms with E-state index in [2.05, 4.69) is 35.7 Å². The van der Waals surface area contributed by atoms with Crippen LogP contribution < -0.4 is 4.74 Å². The number of aromatic nitrogens is 3. The van der Waals surface area contributed by atoms with Gasteiger partial charge in [0.1, 0.15) is 18.5 Å². The van der Waals surface area contributed by atoms with Crippen LogP contribution in [0.15, 0.2) is 40.8 Å². The Labute approximate surface area is 281 Å². The minimum Gasteiger partial charge on any atom is -0.452 e. The molecule has 2 aliphatic heterocycles. The molecule has 0 radical (unpaired) electrons. The lowest BCUT2D eigenvalue weighted by Gasteiger charge is -2.23. The van der Waals surface area contributed by atoms with Gasteiger partial charge in [-0.15, -0.1) is 0 Å². The fourth-order valence-electron chi connectivity index (χ4n) is 6.20. The van der Waals surface area contributed by atoms with Gasteiger partial charge in [0.2, 0.25) is 0 Å². The molecule has 0 bridgehead atoms. The fraction of sp³-hybridized carbons (Fsp3) is 0.588. The maximum atomic E-state index is 15.7. The van der Waals surface area contributed by atoms with E-state index in [1.54, 1.807) is 6.92 Å². The van der Waals surface area contributed by atoms with E-state index in [4.69, 9.17) is 23.3 Å². The Morgan fingerprint density at radius 3 is 2.50 bits per heavy atom. The minimum atomic E-state index is -3.21. The summed E-state index contributed by atoms with van der Waals surface area (Å²) < 4.78 is 87.2. The normalized spacial score (nSPS) is 24.1. The van der Waals surface area contributed by atoms with Crippen LogP contribution in [0, 0.1) is 5.82 Å². The average molecular weight is 707 g/mol. The van der Waals surface area contributed by atoms with Crippen molar-refractivity contribution in [3.05, 3.63) is 47.8 Å². The zero-order valence-corrected chi connectivity index (χ0v) is 29.9. The lowest BCUT2D eigenvalue weighted by Crippen LogP contribution is -2.41. The van der Waals surface area contributed by atoms with Gasteiger partial charge < -0.3 is 18.9 Å². The first-order valence-corrected chi connectivity index (χ1v) is 22.3. The number of hydrogen-bond acceptors (Lipinski definition) is 8. The maximum absolute atomic E-state index is 15.7. The van der Waals surface area contributed by atoms with Crippen LogP contribution in [0.3, 0.4) is 0 Å². The van der Waals surface area contributed by atoms with Crippen molar-refractivity contribution in [3.63, 3.8) is 0 Å². The SMILES string of the molecule is CC[C@H]1OC[C@@H](Oc2nc3nc(-c4ccc(C5=CCC(N=S6(=O)CCOCC6)CC5)cc4)c(F)cc3n2COCC[Si](C)(C)C)C1(F)F. The highest BCUT2D eigenvalue weighted by Gasteiger charge is 2.55. The fourth-order valence-corrected chi connectivity index (χ4v) is 8.86. The van der Waals surface area contributed by atoms with Crippen LogP contribution in [-0.4, -0.2) is 88.9 Å². The average Bonchev–Trinajstić information content (AvgIpc) is 3.53. The molecule has 1 aromatic carbocycles. The van der Waals surface area contributed by atoms with Crippen molar-refractivity contribution in [2.24, 2.45) is 4.36 Å². The van der Waals surface area contributed by atoms with E-state index in [1.807, 2.05) is 24.3 Å². The Morgan fingerprint density at radius 1 is 1.12 bits per heavy atom. The first-order chi connectivity index (χ1) is 22.8. The summed E-state index contributed by atoms with van der Waals surface area (Å²) in [7, 11) is -3.57. The van der Waals surface area contributed by atoms with Crippen molar-refractivity contribution in [1.82, 2.24) is 14.5 Å². The molecule has 4 heterocycles. The van der Waals surface area contributed by atoms with Gasteiger partial charge in [0, 0.05) is 26.3 Å². The van der Waals surface area contributed by atoms with Crippen molar-refractivity contribution >= 4 is 34.5 Å². The zero-order chi connectivity index (χ0) is 34.1. The molecule has 262 valence electrons. The molecule has 2 fully saturated rings. The van der Waals surface area contributed by atoms with Crippen LogP contribution in [0.5, 0.6) is 6.01 Å². The highest BCUT2D eigenvalue weighted by Crippen LogP contribution is 2.37. The number of alkyl halides is 2. The first kappa shape index (κ1) is 35.1. The van der Waals surface area contributed by atoms with Crippen molar-refractivity contribution < 1.29 is 36.3 Å². The number of pyridine rings is 1. The van der Waals surface area contributed by atoms with Gasteiger partial charge in [0.05, 0.1) is 52.6 Å². The summed E-state index contributed by atoms with van der Waals surface area (Å²) in [5.74, 6) is -2.78. The third kappa shape index (κ3) is 7.82. The van der Waals surface area contributed by atoms with E-state index >= 15 is 13.2 Å². The molecule has 1 aliphatic carbocycles. The highest BCUT2D eigenvalue weighted by atomic mass is 32.2. The Morgan fingerprint density at radius 2 is 1.85 bits per heavy atom. The largest absolute Gasteiger partial charge is 0.452 e. The lowest BCUT2D eigenvalue weighted by atomic mass is 9.90. The second-order valence-electron chi connectivity index (χ2n) is 14.0. The molecule has 3 aliphatic rings. The molecule has 0 N–H and O–H groups in total. The van der Waals surface area contributed by atoms with Crippen molar-refractivity contribution in [3.8, 4) is 17.3 Å². The number of fused-ring (bicyclic) bond motifs is 1. The number of nitrogens with zero attached hydrogens (tertiary/aromatic N) is 4. The molecule has 9 nitrogen and oxygen atoms in total. The predicted octanol–water partition coefficient (Wildman–Crippen LogP) is 7.18.